The van der Waals surface area contributed by atoms with Crippen LogP contribution in [0.5, 0.6) is 0 Å². The number of nitrogens with zero attached hydrogens (tertiary/aromatic N) is 3. The Bertz CT molecular complexity index is 527. The molecule has 0 atom stereocenters. The summed E-state index contributed by atoms with van der Waals surface area (Å²) in [6.07, 6.45) is 3.63. The van der Waals surface area contributed by atoms with Crippen molar-refractivity contribution in [2.24, 2.45) is 0 Å². The summed E-state index contributed by atoms with van der Waals surface area (Å²) in [7, 11) is 0. The Balaban J connectivity index is 3.16. The molecule has 0 saturated heterocycles. The molecule has 0 heterocycles. The molecule has 0 aliphatic carbocycles. The molecular formula is C30H60N3+3. The van der Waals surface area contributed by atoms with Crippen molar-refractivity contribution in [3.05, 3.63) is 34.9 Å². The molecule has 1 rings (SSSR count). The zero-order chi connectivity index (χ0) is 25.0. The second-order valence-electron chi connectivity index (χ2n) is 10.4. The molecule has 0 aliphatic rings. The van der Waals surface area contributed by atoms with Crippen LogP contribution in [0.15, 0.2) is 18.2 Å². The SMILES string of the molecule is CC[N+](CC)(CC)CCc1cc(CC[N+](CC)(CC)CC)cc(CC[N+](CC)(CC)CC)c1. The zero-order valence-corrected chi connectivity index (χ0v) is 24.2. The molecule has 0 fully saturated rings. The maximum Gasteiger partial charge on any atom is 0.0827 e. The number of quaternary nitrogens is 3. The Hall–Kier alpha value is -0.900. The molecule has 192 valence electrons. The lowest BCUT2D eigenvalue weighted by Crippen LogP contribution is -2.49. The van der Waals surface area contributed by atoms with Crippen molar-refractivity contribution in [3.63, 3.8) is 0 Å². The van der Waals surface area contributed by atoms with Crippen molar-refractivity contribution in [1.29, 1.82) is 0 Å². The van der Waals surface area contributed by atoms with Gasteiger partial charge in [0.25, 0.3) is 0 Å². The summed E-state index contributed by atoms with van der Waals surface area (Å²) in [5.41, 5.74) is 4.72. The van der Waals surface area contributed by atoms with Gasteiger partial charge in [0.2, 0.25) is 0 Å². The van der Waals surface area contributed by atoms with Crippen LogP contribution in [0.1, 0.15) is 79.0 Å². The summed E-state index contributed by atoms with van der Waals surface area (Å²) in [4.78, 5) is 0. The Labute approximate surface area is 208 Å². The predicted molar refractivity (Wildman–Crippen MR) is 148 cm³/mol. The molecule has 3 heteroatoms. The van der Waals surface area contributed by atoms with Gasteiger partial charge in [0.05, 0.1) is 78.5 Å². The van der Waals surface area contributed by atoms with E-state index in [-0.39, 0.29) is 0 Å². The van der Waals surface area contributed by atoms with Gasteiger partial charge in [-0.15, -0.1) is 0 Å². The van der Waals surface area contributed by atoms with Gasteiger partial charge < -0.3 is 13.4 Å². The highest BCUT2D eigenvalue weighted by atomic mass is 15.3. The highest BCUT2D eigenvalue weighted by Gasteiger charge is 2.23. The summed E-state index contributed by atoms with van der Waals surface area (Å²) in [5.74, 6) is 0. The summed E-state index contributed by atoms with van der Waals surface area (Å²) in [6.45, 7) is 36.3. The van der Waals surface area contributed by atoms with E-state index in [1.807, 2.05) is 0 Å². The van der Waals surface area contributed by atoms with Crippen molar-refractivity contribution >= 4 is 0 Å². The third-order valence-corrected chi connectivity index (χ3v) is 9.77. The van der Waals surface area contributed by atoms with Gasteiger partial charge in [-0.2, -0.15) is 0 Å². The molecule has 1 aromatic rings. The van der Waals surface area contributed by atoms with Gasteiger partial charge in [0, 0.05) is 19.3 Å². The summed E-state index contributed by atoms with van der Waals surface area (Å²) >= 11 is 0. The predicted octanol–water partition coefficient (Wildman–Crippen LogP) is 5.94. The van der Waals surface area contributed by atoms with Gasteiger partial charge in [-0.3, -0.25) is 0 Å². The van der Waals surface area contributed by atoms with Crippen molar-refractivity contribution in [1.82, 2.24) is 0 Å². The number of rotatable bonds is 18. The minimum Gasteiger partial charge on any atom is -0.324 e. The van der Waals surface area contributed by atoms with Gasteiger partial charge in [-0.25, -0.2) is 0 Å². The van der Waals surface area contributed by atoms with Gasteiger partial charge in [0.15, 0.2) is 0 Å². The molecule has 3 nitrogen and oxygen atoms in total. The maximum atomic E-state index is 2.55. The van der Waals surface area contributed by atoms with Crippen LogP contribution in [-0.2, 0) is 19.3 Å². The second-order valence-corrected chi connectivity index (χ2v) is 10.4. The first-order valence-electron chi connectivity index (χ1n) is 14.5. The minimum atomic E-state index is 1.21. The maximum absolute atomic E-state index is 2.55. The third-order valence-electron chi connectivity index (χ3n) is 9.77. The fourth-order valence-electron chi connectivity index (χ4n) is 5.81. The molecule has 0 spiro atoms. The summed E-state index contributed by atoms with van der Waals surface area (Å²) < 4.78 is 3.72. The molecular weight excluding hydrogens is 402 g/mol. The van der Waals surface area contributed by atoms with Crippen LogP contribution in [-0.4, -0.2) is 92.0 Å². The third kappa shape index (κ3) is 8.37. The van der Waals surface area contributed by atoms with E-state index in [0.717, 1.165) is 0 Å². The van der Waals surface area contributed by atoms with Crippen molar-refractivity contribution in [3.8, 4) is 0 Å². The number of benzene rings is 1. The Morgan fingerprint density at radius 2 is 0.545 bits per heavy atom. The van der Waals surface area contributed by atoms with E-state index in [0.29, 0.717) is 0 Å². The molecule has 33 heavy (non-hydrogen) atoms. The summed E-state index contributed by atoms with van der Waals surface area (Å²) in [6, 6.07) is 7.66. The first-order chi connectivity index (χ1) is 15.8. The first kappa shape index (κ1) is 30.1. The molecule has 0 aromatic heterocycles. The monoisotopic (exact) mass is 462 g/mol. The Morgan fingerprint density at radius 3 is 0.697 bits per heavy atom. The largest absolute Gasteiger partial charge is 0.324 e. The standard InChI is InChI=1S/C30H60N3/c1-10-31(11-2,12-3)22-19-28-25-29(20-23-32(13-4,14-5)15-6)27-30(26-28)21-24-33(16-7,17-8)18-9/h25-27H,10-24H2,1-9H3/q+3. The zero-order valence-electron chi connectivity index (χ0n) is 24.2. The van der Waals surface area contributed by atoms with Gasteiger partial charge in [-0.1, -0.05) is 18.2 Å². The quantitative estimate of drug-likeness (QED) is 0.237. The molecule has 0 unspecified atom stereocenters. The van der Waals surface area contributed by atoms with Gasteiger partial charge >= 0.3 is 0 Å². The molecule has 0 saturated carbocycles. The molecule has 0 aliphatic heterocycles. The van der Waals surface area contributed by atoms with Crippen LogP contribution in [0.2, 0.25) is 0 Å². The van der Waals surface area contributed by atoms with Crippen LogP contribution < -0.4 is 0 Å². The van der Waals surface area contributed by atoms with Crippen LogP contribution in [0.4, 0.5) is 0 Å². The molecule has 1 aromatic carbocycles. The Kier molecular flexibility index (Phi) is 13.2. The van der Waals surface area contributed by atoms with Crippen LogP contribution in [0.25, 0.3) is 0 Å². The molecule has 0 N–H and O–H groups in total. The number of hydrogen-bond acceptors (Lipinski definition) is 0. The Morgan fingerprint density at radius 1 is 0.364 bits per heavy atom. The fraction of sp³-hybridized carbons (Fsp3) is 0.800. The normalized spacial score (nSPS) is 13.0. The smallest absolute Gasteiger partial charge is 0.0827 e. The highest BCUT2D eigenvalue weighted by Crippen LogP contribution is 2.19. The van der Waals surface area contributed by atoms with E-state index in [4.69, 9.17) is 0 Å². The highest BCUT2D eigenvalue weighted by molar-refractivity contribution is 5.31. The topological polar surface area (TPSA) is 0 Å². The lowest BCUT2D eigenvalue weighted by atomic mass is 9.98. The van der Waals surface area contributed by atoms with Crippen LogP contribution in [0, 0.1) is 0 Å². The van der Waals surface area contributed by atoms with Gasteiger partial charge in [-0.05, 0) is 79.0 Å². The van der Waals surface area contributed by atoms with E-state index < -0.39 is 0 Å². The van der Waals surface area contributed by atoms with E-state index >= 15 is 0 Å². The molecule has 0 radical (unpaired) electrons. The van der Waals surface area contributed by atoms with E-state index in [2.05, 4.69) is 80.5 Å². The van der Waals surface area contributed by atoms with E-state index in [1.54, 1.807) is 16.7 Å². The molecule has 0 bridgehead atoms. The number of hydrogen-bond donors (Lipinski definition) is 0. The lowest BCUT2D eigenvalue weighted by Gasteiger charge is -2.37. The van der Waals surface area contributed by atoms with E-state index in [9.17, 15) is 0 Å². The fourth-order valence-corrected chi connectivity index (χ4v) is 5.81. The van der Waals surface area contributed by atoms with Crippen molar-refractivity contribution < 1.29 is 13.4 Å². The summed E-state index contributed by atoms with van der Waals surface area (Å²) in [5, 5.41) is 0. The number of likely N-dealkylation sites (N-methyl/N-ethyl adjacent to an activating group) is 3. The first-order valence-corrected chi connectivity index (χ1v) is 14.5. The lowest BCUT2D eigenvalue weighted by molar-refractivity contribution is -0.923. The van der Waals surface area contributed by atoms with Crippen LogP contribution >= 0.6 is 0 Å². The van der Waals surface area contributed by atoms with Gasteiger partial charge in [0.1, 0.15) is 0 Å². The minimum absolute atomic E-state index is 1.21. The second kappa shape index (κ2) is 14.5. The average molecular weight is 463 g/mol. The average Bonchev–Trinajstić information content (AvgIpc) is 2.87. The van der Waals surface area contributed by atoms with Crippen molar-refractivity contribution in [2.75, 3.05) is 78.5 Å². The van der Waals surface area contributed by atoms with Crippen molar-refractivity contribution in [2.45, 2.75) is 81.6 Å². The molecule has 0 amide bonds. The van der Waals surface area contributed by atoms with E-state index in [1.165, 1.54) is 111 Å². The van der Waals surface area contributed by atoms with Crippen LogP contribution in [0.3, 0.4) is 0 Å².